The molecule has 0 N–H and O–H groups in total. The zero-order valence-electron chi connectivity index (χ0n) is 49.1. The molecule has 0 aliphatic heterocycles. The van der Waals surface area contributed by atoms with Gasteiger partial charge in [0.25, 0.3) is 0 Å². The van der Waals surface area contributed by atoms with Crippen molar-refractivity contribution in [2.24, 2.45) is 0 Å². The van der Waals surface area contributed by atoms with Gasteiger partial charge in [0.05, 0.1) is 22.1 Å². The summed E-state index contributed by atoms with van der Waals surface area (Å²) < 4.78 is 18.7. The smallest absolute Gasteiger partial charge is 0.136 e. The van der Waals surface area contributed by atoms with E-state index in [9.17, 15) is 0 Å². The molecule has 4 aromatic heterocycles. The molecular formula is C84H56N2O2. The summed E-state index contributed by atoms with van der Waals surface area (Å²) in [5, 5.41) is 9.46. The van der Waals surface area contributed by atoms with Crippen LogP contribution < -0.4 is 0 Å². The molecule has 0 amide bonds. The zero-order chi connectivity index (χ0) is 58.3. The largest absolute Gasteiger partial charge is 0.456 e. The molecule has 414 valence electrons. The Kier molecular flexibility index (Phi) is 9.99. The maximum absolute atomic E-state index is 7.14. The van der Waals surface area contributed by atoms with Gasteiger partial charge in [0.2, 0.25) is 0 Å². The number of rotatable bonds is 6. The van der Waals surface area contributed by atoms with Crippen molar-refractivity contribution in [3.8, 4) is 78.1 Å². The Labute approximate surface area is 508 Å². The van der Waals surface area contributed by atoms with Gasteiger partial charge in [-0.3, -0.25) is 0 Å². The number of fused-ring (bicyclic) bond motifs is 18. The van der Waals surface area contributed by atoms with Gasteiger partial charge in [0.1, 0.15) is 22.3 Å². The standard InChI is InChI=1S/C84H56N2O2/c1-83(2)70-22-12-8-18-58(70)64-46-69-80(48-72(64)83)88-81-44-55(43-62(82(69)81)51-28-35-57(36-29-51)85-74-23-13-9-19-59(74)60-20-10-14-24-75(60)85)54-30-37-71-63(40-54)65-45-68-67-42-53(32-39-78(67)87-79(68)47-73(65)84(71,3)4)52-31-38-77-66(41-52)61-21-11-15-25-76(61)86(77)56-33-26-50(27-34-56)49-16-6-5-7-17-49/h5-48H,1-4H3. The van der Waals surface area contributed by atoms with E-state index in [4.69, 9.17) is 8.83 Å². The first-order valence-corrected chi connectivity index (χ1v) is 30.7. The van der Waals surface area contributed by atoms with Crippen LogP contribution in [0.1, 0.15) is 49.9 Å². The lowest BCUT2D eigenvalue weighted by molar-refractivity contribution is 0.647. The summed E-state index contributed by atoms with van der Waals surface area (Å²) in [4.78, 5) is 0. The van der Waals surface area contributed by atoms with Crippen LogP contribution in [-0.4, -0.2) is 9.13 Å². The number of hydrogen-bond donors (Lipinski definition) is 0. The van der Waals surface area contributed by atoms with E-state index in [0.29, 0.717) is 0 Å². The van der Waals surface area contributed by atoms with Crippen molar-refractivity contribution in [1.29, 1.82) is 0 Å². The van der Waals surface area contributed by atoms with Gasteiger partial charge in [-0.05, 0) is 198 Å². The summed E-state index contributed by atoms with van der Waals surface area (Å²) in [6, 6.07) is 98.8. The molecule has 0 fully saturated rings. The summed E-state index contributed by atoms with van der Waals surface area (Å²) in [7, 11) is 0. The van der Waals surface area contributed by atoms with Crippen molar-refractivity contribution in [2.45, 2.75) is 38.5 Å². The van der Waals surface area contributed by atoms with E-state index >= 15 is 0 Å². The van der Waals surface area contributed by atoms with E-state index in [0.717, 1.165) is 83.1 Å². The van der Waals surface area contributed by atoms with E-state index in [1.54, 1.807) is 0 Å². The quantitative estimate of drug-likeness (QED) is 0.166. The summed E-state index contributed by atoms with van der Waals surface area (Å²) in [5.41, 5.74) is 29.8. The Hall–Kier alpha value is -10.9. The lowest BCUT2D eigenvalue weighted by atomic mass is 9.82. The number of aromatic nitrogens is 2. The average Bonchev–Trinajstić information content (AvgIpc) is 1.85. The maximum atomic E-state index is 7.14. The molecular weight excluding hydrogens is 1070 g/mol. The SMILES string of the molecule is CC1(C)c2ccc(-c3cc(-c4ccc(-n5c6ccccc6c6ccccc65)cc4)c4c(c3)oc3cc5c(cc34)-c3ccccc3C5(C)C)cc2-c2cc3c(cc21)oc1ccc(-c2ccc4c(c2)c2ccccc2n4-c2ccc(-c4ccccc4)cc2)cc13. The molecule has 0 bridgehead atoms. The van der Waals surface area contributed by atoms with Crippen LogP contribution in [0.15, 0.2) is 276 Å². The Morgan fingerprint density at radius 2 is 0.682 bits per heavy atom. The van der Waals surface area contributed by atoms with Gasteiger partial charge >= 0.3 is 0 Å². The monoisotopic (exact) mass is 1120 g/mol. The molecule has 4 nitrogen and oxygen atoms in total. The lowest BCUT2D eigenvalue weighted by Gasteiger charge is -2.21. The third-order valence-corrected chi connectivity index (χ3v) is 20.1. The van der Waals surface area contributed by atoms with Crippen molar-refractivity contribution in [1.82, 2.24) is 9.13 Å². The molecule has 0 saturated heterocycles. The predicted octanol–water partition coefficient (Wildman–Crippen LogP) is 23.0. The van der Waals surface area contributed by atoms with Crippen molar-refractivity contribution >= 4 is 87.5 Å². The van der Waals surface area contributed by atoms with Gasteiger partial charge in [-0.15, -0.1) is 0 Å². The van der Waals surface area contributed by atoms with Gasteiger partial charge < -0.3 is 18.0 Å². The maximum Gasteiger partial charge on any atom is 0.136 e. The van der Waals surface area contributed by atoms with E-state index < -0.39 is 0 Å². The molecule has 0 spiro atoms. The van der Waals surface area contributed by atoms with Crippen molar-refractivity contribution in [3.63, 3.8) is 0 Å². The van der Waals surface area contributed by atoms with Crippen LogP contribution in [0.3, 0.4) is 0 Å². The molecule has 13 aromatic carbocycles. The molecule has 88 heavy (non-hydrogen) atoms. The van der Waals surface area contributed by atoms with Crippen LogP contribution in [-0.2, 0) is 10.8 Å². The van der Waals surface area contributed by atoms with Crippen LogP contribution in [0.5, 0.6) is 0 Å². The summed E-state index contributed by atoms with van der Waals surface area (Å²) in [6.07, 6.45) is 0. The minimum Gasteiger partial charge on any atom is -0.456 e. The van der Waals surface area contributed by atoms with Crippen LogP contribution in [0.25, 0.3) is 166 Å². The normalized spacial score (nSPS) is 13.9. The van der Waals surface area contributed by atoms with Gasteiger partial charge in [0, 0.05) is 65.3 Å². The highest BCUT2D eigenvalue weighted by molar-refractivity contribution is 6.17. The minimum absolute atomic E-state index is 0.155. The van der Waals surface area contributed by atoms with E-state index in [1.165, 1.54) is 105 Å². The molecule has 19 rings (SSSR count). The van der Waals surface area contributed by atoms with Crippen molar-refractivity contribution in [2.75, 3.05) is 0 Å². The average molecular weight is 1130 g/mol. The Bertz CT molecular complexity index is 5790. The van der Waals surface area contributed by atoms with Crippen LogP contribution in [0.4, 0.5) is 0 Å². The second-order valence-corrected chi connectivity index (χ2v) is 25.6. The first kappa shape index (κ1) is 49.3. The minimum atomic E-state index is -0.251. The van der Waals surface area contributed by atoms with E-state index in [1.807, 2.05) is 0 Å². The summed E-state index contributed by atoms with van der Waals surface area (Å²) in [6.45, 7) is 9.40. The Morgan fingerprint density at radius 1 is 0.239 bits per heavy atom. The Balaban J connectivity index is 0.737. The lowest BCUT2D eigenvalue weighted by Crippen LogP contribution is -2.14. The highest BCUT2D eigenvalue weighted by Crippen LogP contribution is 2.55. The summed E-state index contributed by atoms with van der Waals surface area (Å²) in [5.74, 6) is 0. The fourth-order valence-electron chi connectivity index (χ4n) is 15.7. The molecule has 0 saturated carbocycles. The van der Waals surface area contributed by atoms with Crippen LogP contribution in [0, 0.1) is 0 Å². The first-order chi connectivity index (χ1) is 43.1. The molecule has 2 aliphatic rings. The highest BCUT2D eigenvalue weighted by atomic mass is 16.3. The second-order valence-electron chi connectivity index (χ2n) is 25.6. The third-order valence-electron chi connectivity index (χ3n) is 20.1. The predicted molar refractivity (Wildman–Crippen MR) is 367 cm³/mol. The van der Waals surface area contributed by atoms with Gasteiger partial charge in [0.15, 0.2) is 0 Å². The van der Waals surface area contributed by atoms with Crippen LogP contribution in [0.2, 0.25) is 0 Å². The molecule has 0 radical (unpaired) electrons. The number of furan rings is 2. The van der Waals surface area contributed by atoms with Gasteiger partial charge in [-0.2, -0.15) is 0 Å². The number of para-hydroxylation sites is 3. The molecule has 17 aromatic rings. The van der Waals surface area contributed by atoms with Crippen molar-refractivity contribution < 1.29 is 8.83 Å². The molecule has 2 aliphatic carbocycles. The first-order valence-electron chi connectivity index (χ1n) is 30.7. The molecule has 4 heterocycles. The van der Waals surface area contributed by atoms with Gasteiger partial charge in [-0.1, -0.05) is 185 Å². The van der Waals surface area contributed by atoms with Crippen molar-refractivity contribution in [3.05, 3.63) is 289 Å². The zero-order valence-corrected chi connectivity index (χ0v) is 49.1. The number of nitrogens with zero attached hydrogens (tertiary/aromatic N) is 2. The number of hydrogen-bond acceptors (Lipinski definition) is 2. The fraction of sp³-hybridized carbons (Fsp3) is 0.0714. The topological polar surface area (TPSA) is 36.1 Å². The van der Waals surface area contributed by atoms with Crippen LogP contribution >= 0.6 is 0 Å². The molecule has 4 heteroatoms. The molecule has 0 unspecified atom stereocenters. The Morgan fingerprint density at radius 3 is 1.36 bits per heavy atom. The van der Waals surface area contributed by atoms with E-state index in [-0.39, 0.29) is 10.8 Å². The summed E-state index contributed by atoms with van der Waals surface area (Å²) >= 11 is 0. The fourth-order valence-corrected chi connectivity index (χ4v) is 15.7. The van der Waals surface area contributed by atoms with Gasteiger partial charge in [-0.25, -0.2) is 0 Å². The third kappa shape index (κ3) is 6.91. The van der Waals surface area contributed by atoms with E-state index in [2.05, 4.69) is 304 Å². The number of benzene rings is 13. The second kappa shape index (κ2) is 17.8. The highest BCUT2D eigenvalue weighted by Gasteiger charge is 2.38. The molecule has 0 atom stereocenters.